The Morgan fingerprint density at radius 3 is 2.48 bits per heavy atom. The predicted octanol–water partition coefficient (Wildman–Crippen LogP) is 9.68. The Morgan fingerprint density at radius 1 is 0.769 bits per heavy atom. The van der Waals surface area contributed by atoms with Crippen LogP contribution in [0.1, 0.15) is 12.5 Å². The molecule has 0 radical (unpaired) electrons. The van der Waals surface area contributed by atoms with Crippen LogP contribution in [0.15, 0.2) is 170 Å². The van der Waals surface area contributed by atoms with E-state index in [0.717, 1.165) is 11.3 Å². The van der Waals surface area contributed by atoms with Gasteiger partial charge in [0, 0.05) is 62.3 Å². The maximum Gasteiger partial charge on any atom is 0.412 e. The van der Waals surface area contributed by atoms with E-state index in [1.54, 1.807) is 0 Å². The lowest BCUT2D eigenvalue weighted by Crippen LogP contribution is -2.63. The first-order valence-corrected chi connectivity index (χ1v) is 18.7. The van der Waals surface area contributed by atoms with Crippen molar-refractivity contribution in [2.45, 2.75) is 13.7 Å². The van der Waals surface area contributed by atoms with Crippen LogP contribution in [0, 0.1) is 0 Å². The van der Waals surface area contributed by atoms with Crippen molar-refractivity contribution in [2.24, 2.45) is 0 Å². The second-order valence-electron chi connectivity index (χ2n) is 13.4. The predicted molar refractivity (Wildman–Crippen MR) is 226 cm³/mol. The van der Waals surface area contributed by atoms with Crippen LogP contribution in [0.2, 0.25) is 6.82 Å². The van der Waals surface area contributed by atoms with Gasteiger partial charge in [-0.05, 0) is 91.2 Å². The van der Waals surface area contributed by atoms with E-state index in [1.165, 1.54) is 47.6 Å². The number of aromatic nitrogens is 2. The number of thiophene rings is 1. The van der Waals surface area contributed by atoms with Crippen molar-refractivity contribution in [3.05, 3.63) is 176 Å². The molecule has 0 atom stereocenters. The van der Waals surface area contributed by atoms with Gasteiger partial charge < -0.3 is 19.4 Å². The zero-order valence-corrected chi connectivity index (χ0v) is 30.3. The number of fused-ring (bicyclic) bond motifs is 6. The summed E-state index contributed by atoms with van der Waals surface area (Å²) in [6.07, 6.45) is 27.7. The van der Waals surface area contributed by atoms with Gasteiger partial charge in [0.15, 0.2) is 0 Å². The fraction of sp³-hybridized carbons (Fsp3) is 0.0714. The summed E-state index contributed by atoms with van der Waals surface area (Å²) in [4.78, 5) is 7.13. The molecule has 0 N–H and O–H groups in total. The van der Waals surface area contributed by atoms with Crippen LogP contribution in [-0.2, 0) is 0 Å². The summed E-state index contributed by atoms with van der Waals surface area (Å²) in [6.45, 7) is 4.52. The largest absolute Gasteiger partial charge is 0.442 e. The molecule has 0 saturated heterocycles. The third-order valence-corrected chi connectivity index (χ3v) is 11.5. The van der Waals surface area contributed by atoms with E-state index >= 15 is 0 Å². The fourth-order valence-corrected chi connectivity index (χ4v) is 8.96. The first-order chi connectivity index (χ1) is 25.6. The monoisotopic (exact) mass is 690 g/mol. The van der Waals surface area contributed by atoms with Gasteiger partial charge in [0.1, 0.15) is 5.65 Å². The second kappa shape index (κ2) is 13.4. The Labute approximate surface area is 309 Å². The Balaban J connectivity index is 1.15. The molecule has 0 fully saturated rings. The lowest BCUT2D eigenvalue weighted by Gasteiger charge is -2.46. The minimum Gasteiger partial charge on any atom is -0.442 e. The number of hydrogen-bond acceptors (Lipinski definition) is 6. The molecule has 52 heavy (non-hydrogen) atoms. The highest BCUT2D eigenvalue weighted by atomic mass is 32.1. The van der Waals surface area contributed by atoms with Crippen LogP contribution in [0.25, 0.3) is 53.4 Å². The molecule has 0 unspecified atom stereocenters. The first-order valence-electron chi connectivity index (χ1n) is 17.9. The molecule has 10 heteroatoms. The SMILES string of the molecule is C/C=C\C=C/N(C)N1C=CC(c2cccc3c2sc2ccc(-n4c5ccccc5c5cccnc54)cc23)=CB1N1C=CC=CB1N1C=CC=CB1C. The smallest absolute Gasteiger partial charge is 0.412 e. The van der Waals surface area contributed by atoms with Crippen LogP contribution in [-0.4, -0.2) is 56.8 Å². The average molecular weight is 690 g/mol. The number of rotatable bonds is 7. The topological polar surface area (TPSA) is 30.8 Å². The third-order valence-electron chi connectivity index (χ3n) is 10.3. The van der Waals surface area contributed by atoms with E-state index in [1.807, 2.05) is 36.6 Å². The second-order valence-corrected chi connectivity index (χ2v) is 14.4. The van der Waals surface area contributed by atoms with Crippen LogP contribution in [0.4, 0.5) is 0 Å². The van der Waals surface area contributed by atoms with Crippen molar-refractivity contribution in [1.29, 1.82) is 0 Å². The third kappa shape index (κ3) is 5.42. The first kappa shape index (κ1) is 32.1. The molecule has 0 saturated carbocycles. The Kier molecular flexibility index (Phi) is 8.24. The fourth-order valence-electron chi connectivity index (χ4n) is 7.74. The summed E-state index contributed by atoms with van der Waals surface area (Å²) in [7, 11) is 2.11. The van der Waals surface area contributed by atoms with Crippen molar-refractivity contribution in [3.8, 4) is 5.69 Å². The maximum atomic E-state index is 4.84. The van der Waals surface area contributed by atoms with Crippen LogP contribution >= 0.6 is 11.3 Å². The molecule has 0 bridgehead atoms. The molecule has 250 valence electrons. The number of benzene rings is 3. The lowest BCUT2D eigenvalue weighted by atomic mass is 9.48. The van der Waals surface area contributed by atoms with E-state index in [0.29, 0.717) is 0 Å². The van der Waals surface area contributed by atoms with Gasteiger partial charge in [0.2, 0.25) is 0 Å². The van der Waals surface area contributed by atoms with E-state index in [9.17, 15) is 0 Å². The van der Waals surface area contributed by atoms with Crippen molar-refractivity contribution < 1.29 is 0 Å². The van der Waals surface area contributed by atoms with Gasteiger partial charge in [-0.15, -0.1) is 11.3 Å². The maximum absolute atomic E-state index is 4.84. The van der Waals surface area contributed by atoms with Gasteiger partial charge in [-0.2, -0.15) is 0 Å². The number of allylic oxidation sites excluding steroid dienone is 9. The van der Waals surface area contributed by atoms with Gasteiger partial charge >= 0.3 is 14.0 Å². The minimum atomic E-state index is -0.0861. The molecule has 0 amide bonds. The van der Waals surface area contributed by atoms with E-state index in [2.05, 4.69) is 190 Å². The summed E-state index contributed by atoms with van der Waals surface area (Å²) in [6, 6.07) is 26.4. The van der Waals surface area contributed by atoms with Crippen molar-refractivity contribution in [3.63, 3.8) is 0 Å². The van der Waals surface area contributed by atoms with Gasteiger partial charge in [-0.25, -0.2) is 4.98 Å². The molecular formula is C42H37B3N6S. The Bertz CT molecular complexity index is 2540. The Hall–Kier alpha value is -5.86. The summed E-state index contributed by atoms with van der Waals surface area (Å²) < 4.78 is 9.73. The molecule has 6 heterocycles. The highest BCUT2D eigenvalue weighted by Crippen LogP contribution is 2.41. The van der Waals surface area contributed by atoms with Crippen LogP contribution in [0.5, 0.6) is 0 Å². The number of hydrogen-bond donors (Lipinski definition) is 0. The number of nitrogens with zero attached hydrogens (tertiary/aromatic N) is 6. The van der Waals surface area contributed by atoms with Gasteiger partial charge in [0.25, 0.3) is 6.85 Å². The molecule has 6 nitrogen and oxygen atoms in total. The van der Waals surface area contributed by atoms with E-state index in [-0.39, 0.29) is 20.8 Å². The lowest BCUT2D eigenvalue weighted by molar-refractivity contribution is 0.205. The summed E-state index contributed by atoms with van der Waals surface area (Å²) in [5, 5.41) is 7.08. The molecule has 6 aromatic rings. The average Bonchev–Trinajstić information content (AvgIpc) is 3.73. The highest BCUT2D eigenvalue weighted by molar-refractivity contribution is 7.26. The minimum absolute atomic E-state index is 0.0412. The van der Waals surface area contributed by atoms with E-state index < -0.39 is 0 Å². The van der Waals surface area contributed by atoms with Gasteiger partial charge in [0.05, 0.1) is 5.52 Å². The standard InChI is InChI=1S/C42H37B3N6S/c1-4-5-10-26-47(3)50-29-22-32(31-45(50)49-28-12-9-24-44(49)48-27-11-8-23-43(48)2)34-16-13-17-36-38-30-33(20-21-40(38)52-41(34)36)51-39-19-7-6-15-35(39)37-18-14-25-46-42(37)51/h4-31H,1-3H3/b5-4-,26-10-. The number of hydrazine groups is 1. The van der Waals surface area contributed by atoms with Gasteiger partial charge in [-0.1, -0.05) is 85.5 Å². The number of para-hydroxylation sites is 1. The molecule has 9 rings (SSSR count). The molecule has 0 aliphatic carbocycles. The molecule has 0 spiro atoms. The quantitative estimate of drug-likeness (QED) is 0.123. The number of pyridine rings is 1. The Morgan fingerprint density at radius 2 is 1.60 bits per heavy atom. The van der Waals surface area contributed by atoms with Crippen molar-refractivity contribution in [2.75, 3.05) is 7.05 Å². The van der Waals surface area contributed by atoms with Gasteiger partial charge in [-0.3, -0.25) is 4.57 Å². The summed E-state index contributed by atoms with van der Waals surface area (Å²) in [5.41, 5.74) is 5.72. The molecule has 3 aromatic carbocycles. The van der Waals surface area contributed by atoms with E-state index in [4.69, 9.17) is 4.98 Å². The van der Waals surface area contributed by atoms with Crippen LogP contribution < -0.4 is 0 Å². The highest BCUT2D eigenvalue weighted by Gasteiger charge is 2.40. The molecule has 3 aliphatic heterocycles. The molecule has 3 aromatic heterocycles. The molecular weight excluding hydrogens is 653 g/mol. The summed E-state index contributed by atoms with van der Waals surface area (Å²) >= 11 is 1.87. The normalized spacial score (nSPS) is 16.1. The zero-order valence-electron chi connectivity index (χ0n) is 29.5. The zero-order chi connectivity index (χ0) is 35.2. The molecule has 3 aliphatic rings. The van der Waals surface area contributed by atoms with Crippen molar-refractivity contribution >= 4 is 79.8 Å². The summed E-state index contributed by atoms with van der Waals surface area (Å²) in [5.74, 6) is 6.96. The van der Waals surface area contributed by atoms with Crippen molar-refractivity contribution in [1.82, 2.24) is 28.9 Å². The van der Waals surface area contributed by atoms with Crippen LogP contribution in [0.3, 0.4) is 0 Å².